The highest BCUT2D eigenvalue weighted by atomic mass is 32.1. The van der Waals surface area contributed by atoms with Gasteiger partial charge in [0.2, 0.25) is 0 Å². The van der Waals surface area contributed by atoms with Gasteiger partial charge >= 0.3 is 0 Å². The van der Waals surface area contributed by atoms with Crippen LogP contribution in [0.5, 0.6) is 17.2 Å². The number of nitrogens with one attached hydrogen (secondary N) is 1. The van der Waals surface area contributed by atoms with Crippen molar-refractivity contribution in [2.45, 2.75) is 0 Å². The van der Waals surface area contributed by atoms with Crippen LogP contribution in [0.2, 0.25) is 0 Å². The van der Waals surface area contributed by atoms with E-state index in [1.807, 2.05) is 6.07 Å². The first-order chi connectivity index (χ1) is 13.5. The number of rotatable bonds is 8. The molecule has 0 aliphatic carbocycles. The summed E-state index contributed by atoms with van der Waals surface area (Å²) in [4.78, 5) is 12.2. The normalized spacial score (nSPS) is 10.5. The van der Waals surface area contributed by atoms with Crippen LogP contribution in [-0.4, -0.2) is 31.7 Å². The van der Waals surface area contributed by atoms with Crippen LogP contribution in [0.1, 0.15) is 5.56 Å². The maximum absolute atomic E-state index is 12.2. The third kappa shape index (κ3) is 5.46. The molecular weight excluding hydrogens is 378 g/mol. The first-order valence-corrected chi connectivity index (χ1v) is 8.54. The summed E-state index contributed by atoms with van der Waals surface area (Å²) in [6, 6.07) is 14.0. The second kappa shape index (κ2) is 9.94. The Morgan fingerprint density at radius 1 is 1.18 bits per heavy atom. The highest BCUT2D eigenvalue weighted by molar-refractivity contribution is 7.80. The number of hydrogen-bond acceptors (Lipinski definition) is 6. The summed E-state index contributed by atoms with van der Waals surface area (Å²) in [5.41, 5.74) is 6.88. The molecule has 28 heavy (non-hydrogen) atoms. The molecule has 0 aromatic heterocycles. The number of ether oxygens (including phenoxy) is 3. The minimum atomic E-state index is -0.351. The molecule has 144 valence electrons. The first kappa shape index (κ1) is 20.7. The lowest BCUT2D eigenvalue weighted by Gasteiger charge is -2.13. The van der Waals surface area contributed by atoms with Crippen LogP contribution in [0.15, 0.2) is 48.0 Å². The van der Waals surface area contributed by atoms with Crippen molar-refractivity contribution in [1.82, 2.24) is 0 Å². The quantitative estimate of drug-likeness (QED) is 0.401. The Hall–Kier alpha value is -3.57. The minimum Gasteiger partial charge on any atom is -0.495 e. The first-order valence-electron chi connectivity index (χ1n) is 8.13. The molecule has 0 bridgehead atoms. The molecule has 0 atom stereocenters. The Morgan fingerprint density at radius 3 is 2.54 bits per heavy atom. The summed E-state index contributed by atoms with van der Waals surface area (Å²) < 4.78 is 16.0. The zero-order chi connectivity index (χ0) is 20.5. The maximum atomic E-state index is 12.2. The number of anilines is 1. The fourth-order valence-electron chi connectivity index (χ4n) is 2.30. The largest absolute Gasteiger partial charge is 0.495 e. The monoisotopic (exact) mass is 397 g/mol. The Balaban J connectivity index is 2.09. The SMILES string of the molecule is COc1ccccc1NC(=O)COc1ccc(/C=C(/C#N)C(N)=S)cc1OC. The molecule has 0 spiro atoms. The van der Waals surface area contributed by atoms with E-state index in [1.54, 1.807) is 48.5 Å². The van der Waals surface area contributed by atoms with Gasteiger partial charge in [-0.05, 0) is 35.9 Å². The Bertz CT molecular complexity index is 951. The molecule has 0 aliphatic heterocycles. The molecule has 0 aliphatic rings. The van der Waals surface area contributed by atoms with Gasteiger partial charge in [0.1, 0.15) is 16.8 Å². The van der Waals surface area contributed by atoms with Crippen molar-refractivity contribution in [3.63, 3.8) is 0 Å². The van der Waals surface area contributed by atoms with Crippen LogP contribution in [-0.2, 0) is 4.79 Å². The van der Waals surface area contributed by atoms with Crippen LogP contribution >= 0.6 is 12.2 Å². The number of carbonyl (C=O) groups is 1. The summed E-state index contributed by atoms with van der Waals surface area (Å²) in [5, 5.41) is 11.8. The molecule has 2 rings (SSSR count). The summed E-state index contributed by atoms with van der Waals surface area (Å²) in [7, 11) is 3.00. The van der Waals surface area contributed by atoms with Crippen LogP contribution in [0, 0.1) is 11.3 Å². The van der Waals surface area contributed by atoms with Gasteiger partial charge in [0.15, 0.2) is 18.1 Å². The van der Waals surface area contributed by atoms with Gasteiger partial charge in [0.05, 0.1) is 25.5 Å². The van der Waals surface area contributed by atoms with E-state index in [0.29, 0.717) is 28.5 Å². The van der Waals surface area contributed by atoms with Crippen molar-refractivity contribution in [1.29, 1.82) is 5.26 Å². The number of methoxy groups -OCH3 is 2. The van der Waals surface area contributed by atoms with Gasteiger partial charge in [-0.3, -0.25) is 4.79 Å². The number of nitriles is 1. The van der Waals surface area contributed by atoms with E-state index >= 15 is 0 Å². The van der Waals surface area contributed by atoms with E-state index in [2.05, 4.69) is 5.32 Å². The van der Waals surface area contributed by atoms with E-state index in [9.17, 15) is 4.79 Å². The Kier molecular flexibility index (Phi) is 7.37. The fourth-order valence-corrected chi connectivity index (χ4v) is 2.40. The van der Waals surface area contributed by atoms with Crippen LogP contribution in [0.25, 0.3) is 6.08 Å². The summed E-state index contributed by atoms with van der Waals surface area (Å²) in [6.07, 6.45) is 1.54. The third-order valence-electron chi connectivity index (χ3n) is 3.62. The van der Waals surface area contributed by atoms with Gasteiger partial charge in [0, 0.05) is 0 Å². The second-order valence-corrected chi connectivity index (χ2v) is 5.92. The molecule has 8 heteroatoms. The smallest absolute Gasteiger partial charge is 0.262 e. The van der Waals surface area contributed by atoms with Gasteiger partial charge in [-0.15, -0.1) is 0 Å². The second-order valence-electron chi connectivity index (χ2n) is 5.48. The number of carbonyl (C=O) groups excluding carboxylic acids is 1. The van der Waals surface area contributed by atoms with Crippen molar-refractivity contribution in [2.75, 3.05) is 26.1 Å². The van der Waals surface area contributed by atoms with E-state index in [-0.39, 0.29) is 23.1 Å². The number of benzene rings is 2. The van der Waals surface area contributed by atoms with Crippen molar-refractivity contribution >= 4 is 34.9 Å². The Labute approximate surface area is 168 Å². The minimum absolute atomic E-state index is 0.00908. The molecule has 0 fully saturated rings. The van der Waals surface area contributed by atoms with E-state index < -0.39 is 0 Å². The Morgan fingerprint density at radius 2 is 1.89 bits per heavy atom. The van der Waals surface area contributed by atoms with E-state index in [4.69, 9.17) is 37.4 Å². The van der Waals surface area contributed by atoms with Crippen LogP contribution in [0.4, 0.5) is 5.69 Å². The fraction of sp³-hybridized carbons (Fsp3) is 0.150. The van der Waals surface area contributed by atoms with Gasteiger partial charge in [-0.1, -0.05) is 30.4 Å². The third-order valence-corrected chi connectivity index (χ3v) is 3.84. The van der Waals surface area contributed by atoms with Gasteiger partial charge in [-0.2, -0.15) is 5.26 Å². The maximum Gasteiger partial charge on any atom is 0.262 e. The number of thiocarbonyl (C=S) groups is 1. The molecule has 7 nitrogen and oxygen atoms in total. The molecule has 0 saturated carbocycles. The molecule has 0 heterocycles. The zero-order valence-corrected chi connectivity index (χ0v) is 16.2. The predicted octanol–water partition coefficient (Wildman–Crippen LogP) is 2.91. The molecule has 1 amide bonds. The highest BCUT2D eigenvalue weighted by Crippen LogP contribution is 2.29. The molecule has 2 aromatic carbocycles. The number of hydrogen-bond donors (Lipinski definition) is 2. The number of para-hydroxylation sites is 2. The number of nitrogens with zero attached hydrogens (tertiary/aromatic N) is 1. The predicted molar refractivity (Wildman–Crippen MR) is 110 cm³/mol. The van der Waals surface area contributed by atoms with Gasteiger partial charge < -0.3 is 25.3 Å². The lowest BCUT2D eigenvalue weighted by molar-refractivity contribution is -0.118. The molecule has 0 unspecified atom stereocenters. The molecule has 3 N–H and O–H groups in total. The average molecular weight is 397 g/mol. The standard InChI is InChI=1S/C20H19N3O4S/c1-25-16-6-4-3-5-15(16)23-19(24)12-27-17-8-7-13(10-18(17)26-2)9-14(11-21)20(22)28/h3-10H,12H2,1-2H3,(H2,22,28)(H,23,24)/b14-9-. The number of nitrogens with two attached hydrogens (primary N) is 1. The molecule has 2 aromatic rings. The zero-order valence-electron chi connectivity index (χ0n) is 15.4. The van der Waals surface area contributed by atoms with Crippen LogP contribution in [0.3, 0.4) is 0 Å². The molecular formula is C20H19N3O4S. The topological polar surface area (TPSA) is 107 Å². The van der Waals surface area contributed by atoms with Crippen molar-refractivity contribution in [3.8, 4) is 23.3 Å². The van der Waals surface area contributed by atoms with Gasteiger partial charge in [0.25, 0.3) is 5.91 Å². The van der Waals surface area contributed by atoms with Crippen molar-refractivity contribution in [2.24, 2.45) is 5.73 Å². The number of amides is 1. The lowest BCUT2D eigenvalue weighted by atomic mass is 10.1. The summed E-state index contributed by atoms with van der Waals surface area (Å²) in [5.74, 6) is 0.981. The lowest BCUT2D eigenvalue weighted by Crippen LogP contribution is -2.20. The van der Waals surface area contributed by atoms with Crippen molar-refractivity contribution in [3.05, 3.63) is 53.6 Å². The van der Waals surface area contributed by atoms with E-state index in [0.717, 1.165) is 0 Å². The van der Waals surface area contributed by atoms with Gasteiger partial charge in [-0.25, -0.2) is 0 Å². The van der Waals surface area contributed by atoms with Crippen LogP contribution < -0.4 is 25.3 Å². The van der Waals surface area contributed by atoms with E-state index in [1.165, 1.54) is 14.2 Å². The average Bonchev–Trinajstić information content (AvgIpc) is 2.70. The molecule has 0 radical (unpaired) electrons. The summed E-state index contributed by atoms with van der Waals surface area (Å²) in [6.45, 7) is -0.222. The van der Waals surface area contributed by atoms with Crippen molar-refractivity contribution < 1.29 is 19.0 Å². The molecule has 0 saturated heterocycles. The summed E-state index contributed by atoms with van der Waals surface area (Å²) >= 11 is 4.82. The highest BCUT2D eigenvalue weighted by Gasteiger charge is 2.11.